The van der Waals surface area contributed by atoms with Gasteiger partial charge in [0, 0.05) is 32.3 Å². The molecule has 36 heavy (non-hydrogen) atoms. The van der Waals surface area contributed by atoms with Crippen LogP contribution >= 0.6 is 11.6 Å². The maximum Gasteiger partial charge on any atom is 0.260 e. The van der Waals surface area contributed by atoms with Crippen molar-refractivity contribution in [3.63, 3.8) is 0 Å². The molecule has 0 bridgehead atoms. The van der Waals surface area contributed by atoms with E-state index in [1.165, 1.54) is 23.0 Å². The van der Waals surface area contributed by atoms with Crippen LogP contribution in [0.5, 0.6) is 5.75 Å². The van der Waals surface area contributed by atoms with Gasteiger partial charge >= 0.3 is 0 Å². The fraction of sp³-hybridized carbons (Fsp3) is 0.320. The lowest BCUT2D eigenvalue weighted by atomic mass is 10.1. The number of anilines is 1. The lowest BCUT2D eigenvalue weighted by Crippen LogP contribution is -2.44. The zero-order valence-electron chi connectivity index (χ0n) is 19.9. The van der Waals surface area contributed by atoms with Gasteiger partial charge in [0.1, 0.15) is 12.3 Å². The van der Waals surface area contributed by atoms with Crippen molar-refractivity contribution < 1.29 is 28.7 Å². The molecular formula is C25H28ClN4O6. The molecule has 10 nitrogen and oxygen atoms in total. The second-order valence-electron chi connectivity index (χ2n) is 7.91. The Balaban J connectivity index is 1.71. The minimum atomic E-state index is -0.449. The number of methoxy groups -OCH3 is 1. The maximum absolute atomic E-state index is 13.5. The van der Waals surface area contributed by atoms with Crippen molar-refractivity contribution in [2.24, 2.45) is 0 Å². The van der Waals surface area contributed by atoms with Gasteiger partial charge in [-0.25, -0.2) is 0 Å². The normalized spacial score (nSPS) is 13.0. The Kier molecular flexibility index (Phi) is 9.66. The SMILES string of the molecule is [CH2]COc1ccc(C(=O)N2CC(=O)N(CCC(=O)NNC(=O)CCOC)Cc3ccccc32)c(Cl)c1. The predicted molar refractivity (Wildman–Crippen MR) is 133 cm³/mol. The largest absolute Gasteiger partial charge is 0.494 e. The Morgan fingerprint density at radius 2 is 1.78 bits per heavy atom. The fourth-order valence-electron chi connectivity index (χ4n) is 3.63. The van der Waals surface area contributed by atoms with E-state index >= 15 is 0 Å². The van der Waals surface area contributed by atoms with E-state index in [9.17, 15) is 19.2 Å². The van der Waals surface area contributed by atoms with Crippen LogP contribution in [0, 0.1) is 6.92 Å². The Bertz CT molecular complexity index is 1130. The molecule has 0 fully saturated rings. The molecule has 1 heterocycles. The first-order valence-corrected chi connectivity index (χ1v) is 11.7. The van der Waals surface area contributed by atoms with E-state index in [0.717, 1.165) is 5.56 Å². The van der Waals surface area contributed by atoms with Crippen LogP contribution in [-0.4, -0.2) is 61.9 Å². The summed E-state index contributed by atoms with van der Waals surface area (Å²) in [5, 5.41) is 0.196. The molecular weight excluding hydrogens is 488 g/mol. The van der Waals surface area contributed by atoms with Crippen LogP contribution in [-0.2, 0) is 25.7 Å². The number of carbonyl (C=O) groups excluding carboxylic acids is 4. The number of ether oxygens (including phenoxy) is 2. The highest BCUT2D eigenvalue weighted by atomic mass is 35.5. The number of hydrogen-bond donors (Lipinski definition) is 2. The number of hydrogen-bond acceptors (Lipinski definition) is 6. The van der Waals surface area contributed by atoms with Crippen LogP contribution in [0.2, 0.25) is 5.02 Å². The summed E-state index contributed by atoms with van der Waals surface area (Å²) in [6.07, 6.45) is 0.0730. The first kappa shape index (κ1) is 27.0. The number of carbonyl (C=O) groups is 4. The van der Waals surface area contributed by atoms with Crippen molar-refractivity contribution >= 4 is 40.9 Å². The molecule has 0 aromatic heterocycles. The standard InChI is InChI=1S/C25H28ClN4O6/c1-3-36-18-8-9-19(20(26)14-18)25(34)30-16-24(33)29(15-17-6-4-5-7-21(17)30)12-10-22(31)27-28-23(32)11-13-35-2/h4-9,14H,1,3,10-13,15-16H2,2H3,(H,27,31)(H,28,32). The number of para-hydroxylation sites is 1. The fourth-order valence-corrected chi connectivity index (χ4v) is 3.88. The number of hydrazine groups is 1. The number of amides is 4. The van der Waals surface area contributed by atoms with Gasteiger partial charge < -0.3 is 14.4 Å². The highest BCUT2D eigenvalue weighted by Gasteiger charge is 2.30. The molecule has 1 radical (unpaired) electrons. The number of nitrogens with one attached hydrogen (secondary N) is 2. The monoisotopic (exact) mass is 515 g/mol. The lowest BCUT2D eigenvalue weighted by molar-refractivity contribution is -0.132. The predicted octanol–water partition coefficient (Wildman–Crippen LogP) is 2.12. The molecule has 0 atom stereocenters. The number of fused-ring (bicyclic) bond motifs is 1. The van der Waals surface area contributed by atoms with Gasteiger partial charge in [-0.1, -0.05) is 29.8 Å². The van der Waals surface area contributed by atoms with E-state index in [2.05, 4.69) is 17.8 Å². The second-order valence-corrected chi connectivity index (χ2v) is 8.32. The number of halogens is 1. The Hall–Kier alpha value is -3.63. The summed E-state index contributed by atoms with van der Waals surface area (Å²) in [4.78, 5) is 53.2. The van der Waals surface area contributed by atoms with Gasteiger partial charge in [0.2, 0.25) is 17.7 Å². The van der Waals surface area contributed by atoms with E-state index in [1.807, 2.05) is 12.1 Å². The Labute approximate surface area is 214 Å². The van der Waals surface area contributed by atoms with Gasteiger partial charge in [-0.15, -0.1) is 0 Å². The summed E-state index contributed by atoms with van der Waals surface area (Å²) >= 11 is 6.35. The summed E-state index contributed by atoms with van der Waals surface area (Å²) in [5.74, 6) is -1.11. The van der Waals surface area contributed by atoms with Gasteiger partial charge in [0.25, 0.3) is 5.91 Å². The topological polar surface area (TPSA) is 117 Å². The molecule has 1 aliphatic rings. The minimum Gasteiger partial charge on any atom is -0.494 e. The van der Waals surface area contributed by atoms with Crippen molar-refractivity contribution in [2.45, 2.75) is 19.4 Å². The molecule has 0 saturated heterocycles. The smallest absolute Gasteiger partial charge is 0.260 e. The zero-order chi connectivity index (χ0) is 26.1. The average Bonchev–Trinajstić information content (AvgIpc) is 3.01. The van der Waals surface area contributed by atoms with E-state index in [0.29, 0.717) is 11.4 Å². The molecule has 0 aliphatic carbocycles. The van der Waals surface area contributed by atoms with Crippen molar-refractivity contribution in [1.29, 1.82) is 0 Å². The van der Waals surface area contributed by atoms with Crippen molar-refractivity contribution in [3.05, 3.63) is 65.5 Å². The lowest BCUT2D eigenvalue weighted by Gasteiger charge is -2.23. The highest BCUT2D eigenvalue weighted by Crippen LogP contribution is 2.30. The van der Waals surface area contributed by atoms with Gasteiger partial charge in [-0.3, -0.25) is 34.9 Å². The van der Waals surface area contributed by atoms with Crippen molar-refractivity contribution in [2.75, 3.05) is 38.3 Å². The van der Waals surface area contributed by atoms with E-state index in [4.69, 9.17) is 21.1 Å². The zero-order valence-corrected chi connectivity index (χ0v) is 20.7. The van der Waals surface area contributed by atoms with Gasteiger partial charge in [-0.05, 0) is 36.8 Å². The highest BCUT2D eigenvalue weighted by molar-refractivity contribution is 6.34. The van der Waals surface area contributed by atoms with E-state index in [-0.39, 0.29) is 68.1 Å². The molecule has 1 aliphatic heterocycles. The Morgan fingerprint density at radius 3 is 2.47 bits per heavy atom. The van der Waals surface area contributed by atoms with Crippen molar-refractivity contribution in [3.8, 4) is 5.75 Å². The molecule has 2 aromatic carbocycles. The van der Waals surface area contributed by atoms with Crippen LogP contribution in [0.3, 0.4) is 0 Å². The third kappa shape index (κ3) is 6.96. The van der Waals surface area contributed by atoms with Gasteiger partial charge in [0.05, 0.1) is 30.2 Å². The molecule has 0 unspecified atom stereocenters. The molecule has 191 valence electrons. The third-order valence-corrected chi connectivity index (χ3v) is 5.77. The molecule has 0 saturated carbocycles. The number of rotatable bonds is 9. The molecule has 4 amide bonds. The quantitative estimate of drug-likeness (QED) is 0.494. The number of nitrogens with zero attached hydrogens (tertiary/aromatic N) is 2. The number of benzene rings is 2. The summed E-state index contributed by atoms with van der Waals surface area (Å²) < 4.78 is 10.1. The first-order valence-electron chi connectivity index (χ1n) is 11.3. The summed E-state index contributed by atoms with van der Waals surface area (Å²) in [6.45, 7) is 4.16. The molecule has 11 heteroatoms. The van der Waals surface area contributed by atoms with E-state index in [1.54, 1.807) is 24.3 Å². The minimum absolute atomic E-state index is 0.0357. The first-order chi connectivity index (χ1) is 17.3. The van der Waals surface area contributed by atoms with Crippen LogP contribution in [0.4, 0.5) is 5.69 Å². The molecule has 2 N–H and O–H groups in total. The van der Waals surface area contributed by atoms with Gasteiger partial charge in [0.15, 0.2) is 0 Å². The molecule has 0 spiro atoms. The average molecular weight is 516 g/mol. The van der Waals surface area contributed by atoms with Crippen LogP contribution < -0.4 is 20.5 Å². The summed E-state index contributed by atoms with van der Waals surface area (Å²) in [6, 6.07) is 11.9. The summed E-state index contributed by atoms with van der Waals surface area (Å²) in [7, 11) is 1.47. The third-order valence-electron chi connectivity index (χ3n) is 5.46. The van der Waals surface area contributed by atoms with Crippen LogP contribution in [0.15, 0.2) is 42.5 Å². The van der Waals surface area contributed by atoms with E-state index < -0.39 is 11.8 Å². The summed E-state index contributed by atoms with van der Waals surface area (Å²) in [5.41, 5.74) is 6.19. The maximum atomic E-state index is 13.5. The molecule has 3 rings (SSSR count). The second kappa shape index (κ2) is 12.9. The van der Waals surface area contributed by atoms with Crippen LogP contribution in [0.1, 0.15) is 28.8 Å². The van der Waals surface area contributed by atoms with Crippen LogP contribution in [0.25, 0.3) is 0 Å². The van der Waals surface area contributed by atoms with Crippen molar-refractivity contribution in [1.82, 2.24) is 15.8 Å². The Morgan fingerprint density at radius 1 is 1.06 bits per heavy atom. The van der Waals surface area contributed by atoms with Gasteiger partial charge in [-0.2, -0.15) is 0 Å². The molecule has 2 aromatic rings.